The summed E-state index contributed by atoms with van der Waals surface area (Å²) in [5.74, 6) is 0.931. The van der Waals surface area contributed by atoms with Crippen LogP contribution in [-0.4, -0.2) is 11.6 Å². The molecule has 0 saturated carbocycles. The van der Waals surface area contributed by atoms with Crippen LogP contribution >= 0.6 is 11.3 Å². The third-order valence-corrected chi connectivity index (χ3v) is 4.35. The second-order valence-electron chi connectivity index (χ2n) is 6.08. The van der Waals surface area contributed by atoms with Gasteiger partial charge in [0.1, 0.15) is 5.75 Å². The first-order valence-electron chi connectivity index (χ1n) is 7.36. The summed E-state index contributed by atoms with van der Waals surface area (Å²) < 4.78 is 5.51. The minimum Gasteiger partial charge on any atom is -0.494 e. The minimum absolute atomic E-state index is 0.134. The van der Waals surface area contributed by atoms with Crippen LogP contribution in [0.2, 0.25) is 0 Å². The van der Waals surface area contributed by atoms with E-state index < -0.39 is 0 Å². The van der Waals surface area contributed by atoms with Gasteiger partial charge in [-0.15, -0.1) is 11.3 Å². The molecule has 0 atom stereocenters. The van der Waals surface area contributed by atoms with Crippen molar-refractivity contribution in [2.45, 2.75) is 46.2 Å². The van der Waals surface area contributed by atoms with Crippen LogP contribution in [0.15, 0.2) is 29.6 Å². The molecule has 1 N–H and O–H groups in total. The largest absolute Gasteiger partial charge is 0.494 e. The molecule has 3 nitrogen and oxygen atoms in total. The molecule has 1 heterocycles. The van der Waals surface area contributed by atoms with Crippen LogP contribution in [0.25, 0.3) is 0 Å². The van der Waals surface area contributed by atoms with Gasteiger partial charge in [-0.3, -0.25) is 0 Å². The lowest BCUT2D eigenvalue weighted by Crippen LogP contribution is -2.14. The first-order chi connectivity index (χ1) is 9.99. The maximum absolute atomic E-state index is 5.51. The van der Waals surface area contributed by atoms with Crippen LogP contribution < -0.4 is 10.1 Å². The molecule has 114 valence electrons. The Morgan fingerprint density at radius 3 is 2.71 bits per heavy atom. The Kier molecular flexibility index (Phi) is 5.37. The molecule has 1 aromatic heterocycles. The third-order valence-electron chi connectivity index (χ3n) is 3.04. The first kappa shape index (κ1) is 16.0. The van der Waals surface area contributed by atoms with Gasteiger partial charge in [-0.1, -0.05) is 32.9 Å². The van der Waals surface area contributed by atoms with Gasteiger partial charge in [-0.2, -0.15) is 0 Å². The van der Waals surface area contributed by atoms with Gasteiger partial charge in [-0.05, 0) is 24.6 Å². The van der Waals surface area contributed by atoms with Crippen molar-refractivity contribution in [3.8, 4) is 5.75 Å². The fourth-order valence-electron chi connectivity index (χ4n) is 1.98. The number of nitrogens with one attached hydrogen (secondary N) is 1. The highest BCUT2D eigenvalue weighted by Gasteiger charge is 2.17. The average Bonchev–Trinajstić information content (AvgIpc) is 2.88. The van der Waals surface area contributed by atoms with Crippen molar-refractivity contribution in [1.29, 1.82) is 0 Å². The average molecular weight is 304 g/mol. The lowest BCUT2D eigenvalue weighted by Gasteiger charge is -2.13. The lowest BCUT2D eigenvalue weighted by molar-refractivity contribution is 0.340. The summed E-state index contributed by atoms with van der Waals surface area (Å²) in [5, 5.41) is 6.78. The molecule has 0 aliphatic heterocycles. The van der Waals surface area contributed by atoms with Gasteiger partial charge in [0.15, 0.2) is 0 Å². The highest BCUT2D eigenvalue weighted by atomic mass is 32.1. The Hall–Kier alpha value is -1.39. The molecule has 21 heavy (non-hydrogen) atoms. The lowest BCUT2D eigenvalue weighted by atomic mass is 9.98. The number of hydrogen-bond acceptors (Lipinski definition) is 4. The number of ether oxygens (including phenoxy) is 1. The number of rotatable bonds is 6. The zero-order valence-electron chi connectivity index (χ0n) is 13.3. The van der Waals surface area contributed by atoms with Gasteiger partial charge in [-0.25, -0.2) is 4.98 Å². The SMILES string of the molecule is CCOc1cccc(CNCc2csc(C(C)(C)C)n2)c1. The second kappa shape index (κ2) is 7.05. The number of benzene rings is 1. The molecule has 0 fully saturated rings. The maximum Gasteiger partial charge on any atom is 0.119 e. The van der Waals surface area contributed by atoms with Gasteiger partial charge in [0.05, 0.1) is 17.3 Å². The van der Waals surface area contributed by atoms with Crippen LogP contribution in [0.1, 0.15) is 44.0 Å². The fraction of sp³-hybridized carbons (Fsp3) is 0.471. The number of nitrogens with zero attached hydrogens (tertiary/aromatic N) is 1. The summed E-state index contributed by atoms with van der Waals surface area (Å²) in [5.41, 5.74) is 2.48. The summed E-state index contributed by atoms with van der Waals surface area (Å²) in [4.78, 5) is 4.69. The molecule has 2 aromatic rings. The van der Waals surface area contributed by atoms with Crippen molar-refractivity contribution in [3.63, 3.8) is 0 Å². The molecule has 0 unspecified atom stereocenters. The Morgan fingerprint density at radius 1 is 1.24 bits per heavy atom. The number of hydrogen-bond donors (Lipinski definition) is 1. The summed E-state index contributed by atoms with van der Waals surface area (Å²) in [6.45, 7) is 10.9. The van der Waals surface area contributed by atoms with Crippen LogP contribution in [-0.2, 0) is 18.5 Å². The van der Waals surface area contributed by atoms with E-state index in [0.29, 0.717) is 6.61 Å². The van der Waals surface area contributed by atoms with E-state index >= 15 is 0 Å². The van der Waals surface area contributed by atoms with Gasteiger partial charge >= 0.3 is 0 Å². The smallest absolute Gasteiger partial charge is 0.119 e. The Bertz CT molecular complexity index is 572. The molecule has 0 amide bonds. The molecule has 0 aliphatic rings. The monoisotopic (exact) mass is 304 g/mol. The number of aromatic nitrogens is 1. The zero-order valence-corrected chi connectivity index (χ0v) is 14.1. The van der Waals surface area contributed by atoms with Gasteiger partial charge in [0, 0.05) is 23.9 Å². The summed E-state index contributed by atoms with van der Waals surface area (Å²) >= 11 is 1.74. The molecule has 0 bridgehead atoms. The van der Waals surface area contributed by atoms with E-state index in [2.05, 4.69) is 43.6 Å². The summed E-state index contributed by atoms with van der Waals surface area (Å²) in [6.07, 6.45) is 0. The van der Waals surface area contributed by atoms with Crippen LogP contribution in [0.3, 0.4) is 0 Å². The van der Waals surface area contributed by atoms with Crippen molar-refractivity contribution in [2.24, 2.45) is 0 Å². The van der Waals surface area contributed by atoms with E-state index in [1.165, 1.54) is 10.6 Å². The maximum atomic E-state index is 5.51. The first-order valence-corrected chi connectivity index (χ1v) is 8.24. The predicted molar refractivity (Wildman–Crippen MR) is 89.0 cm³/mol. The van der Waals surface area contributed by atoms with Crippen LogP contribution in [0.4, 0.5) is 0 Å². The zero-order chi connectivity index (χ0) is 15.3. The topological polar surface area (TPSA) is 34.1 Å². The highest BCUT2D eigenvalue weighted by Crippen LogP contribution is 2.25. The molecule has 0 saturated heterocycles. The van der Waals surface area contributed by atoms with Crippen molar-refractivity contribution < 1.29 is 4.74 Å². The van der Waals surface area contributed by atoms with Crippen molar-refractivity contribution in [3.05, 3.63) is 45.9 Å². The molecule has 1 aromatic carbocycles. The molecular formula is C17H24N2OS. The van der Waals surface area contributed by atoms with Crippen LogP contribution in [0, 0.1) is 0 Å². The standard InChI is InChI=1S/C17H24N2OS/c1-5-20-15-8-6-7-13(9-15)10-18-11-14-12-21-16(19-14)17(2,3)4/h6-9,12,18H,5,10-11H2,1-4H3. The van der Waals surface area contributed by atoms with E-state index in [0.717, 1.165) is 24.5 Å². The fourth-order valence-corrected chi connectivity index (χ4v) is 2.89. The molecule has 0 aliphatic carbocycles. The van der Waals surface area contributed by atoms with Gasteiger partial charge in [0.2, 0.25) is 0 Å². The van der Waals surface area contributed by atoms with Crippen molar-refractivity contribution >= 4 is 11.3 Å². The summed E-state index contributed by atoms with van der Waals surface area (Å²) in [6, 6.07) is 8.21. The van der Waals surface area contributed by atoms with Crippen molar-refractivity contribution in [1.82, 2.24) is 10.3 Å². The van der Waals surface area contributed by atoms with E-state index in [1.807, 2.05) is 19.1 Å². The Morgan fingerprint density at radius 2 is 2.05 bits per heavy atom. The normalized spacial score (nSPS) is 11.6. The van der Waals surface area contributed by atoms with E-state index in [9.17, 15) is 0 Å². The van der Waals surface area contributed by atoms with Gasteiger partial charge < -0.3 is 10.1 Å². The molecule has 4 heteroatoms. The Labute approximate surface area is 131 Å². The van der Waals surface area contributed by atoms with Crippen molar-refractivity contribution in [2.75, 3.05) is 6.61 Å². The quantitative estimate of drug-likeness (QED) is 0.871. The second-order valence-corrected chi connectivity index (χ2v) is 6.94. The third kappa shape index (κ3) is 4.83. The highest BCUT2D eigenvalue weighted by molar-refractivity contribution is 7.09. The molecule has 0 radical (unpaired) electrons. The minimum atomic E-state index is 0.134. The van der Waals surface area contributed by atoms with E-state index in [4.69, 9.17) is 9.72 Å². The summed E-state index contributed by atoms with van der Waals surface area (Å²) in [7, 11) is 0. The predicted octanol–water partition coefficient (Wildman–Crippen LogP) is 4.13. The number of thiazole rings is 1. The van der Waals surface area contributed by atoms with Crippen LogP contribution in [0.5, 0.6) is 5.75 Å². The van der Waals surface area contributed by atoms with E-state index in [1.54, 1.807) is 11.3 Å². The molecular weight excluding hydrogens is 280 g/mol. The van der Waals surface area contributed by atoms with E-state index in [-0.39, 0.29) is 5.41 Å². The van der Waals surface area contributed by atoms with Gasteiger partial charge in [0.25, 0.3) is 0 Å². The molecule has 2 rings (SSSR count). The molecule has 0 spiro atoms. The Balaban J connectivity index is 1.87.